The highest BCUT2D eigenvalue weighted by atomic mass is 16.5. The van der Waals surface area contributed by atoms with Gasteiger partial charge in [-0.05, 0) is 20.8 Å². The summed E-state index contributed by atoms with van der Waals surface area (Å²) in [5.74, 6) is 1.15. The second-order valence-electron chi connectivity index (χ2n) is 5.38. The molecule has 0 spiro atoms. The van der Waals surface area contributed by atoms with E-state index >= 15 is 0 Å². The summed E-state index contributed by atoms with van der Waals surface area (Å²) >= 11 is 0. The first-order valence-electron chi connectivity index (χ1n) is 6.92. The van der Waals surface area contributed by atoms with Gasteiger partial charge in [-0.15, -0.1) is 0 Å². The first-order valence-corrected chi connectivity index (χ1v) is 6.92. The van der Waals surface area contributed by atoms with Crippen LogP contribution in [0.4, 0.5) is 5.95 Å². The smallest absolute Gasteiger partial charge is 0.226 e. The van der Waals surface area contributed by atoms with Gasteiger partial charge < -0.3 is 19.5 Å². The van der Waals surface area contributed by atoms with E-state index < -0.39 is 0 Å². The van der Waals surface area contributed by atoms with Gasteiger partial charge in [-0.3, -0.25) is 0 Å². The highest BCUT2D eigenvalue weighted by Gasteiger charge is 2.34. The molecule has 1 unspecified atom stereocenters. The van der Waals surface area contributed by atoms with Crippen LogP contribution in [0.25, 0.3) is 0 Å². The third kappa shape index (κ3) is 3.80. The van der Waals surface area contributed by atoms with E-state index in [1.165, 1.54) is 0 Å². The molecule has 0 aliphatic carbocycles. The van der Waals surface area contributed by atoms with Crippen molar-refractivity contribution >= 4 is 5.95 Å². The molecule has 0 radical (unpaired) electrons. The molecule has 0 bridgehead atoms. The van der Waals surface area contributed by atoms with Crippen molar-refractivity contribution in [3.63, 3.8) is 0 Å². The van der Waals surface area contributed by atoms with Crippen molar-refractivity contribution < 1.29 is 14.2 Å². The summed E-state index contributed by atoms with van der Waals surface area (Å²) in [6.07, 6.45) is 0.961. The Balaban J connectivity index is 2.03. The SMILES string of the molecule is COC1(CNc2nc(C)cc(OC(C)C)n2)CCOC1. The van der Waals surface area contributed by atoms with Crippen LogP contribution in [0.15, 0.2) is 6.07 Å². The molecule has 1 aromatic heterocycles. The summed E-state index contributed by atoms with van der Waals surface area (Å²) < 4.78 is 16.6. The Hall–Kier alpha value is -1.40. The molecule has 0 aromatic carbocycles. The van der Waals surface area contributed by atoms with Crippen LogP contribution >= 0.6 is 0 Å². The van der Waals surface area contributed by atoms with Crippen LogP contribution in [0.3, 0.4) is 0 Å². The standard InChI is InChI=1S/C14H23N3O3/c1-10(2)20-12-7-11(3)16-13(17-12)15-8-14(18-4)5-6-19-9-14/h7,10H,5-6,8-9H2,1-4H3,(H,15,16,17). The number of hydrogen-bond donors (Lipinski definition) is 1. The van der Waals surface area contributed by atoms with Crippen LogP contribution < -0.4 is 10.1 Å². The average Bonchev–Trinajstić information content (AvgIpc) is 2.84. The molecule has 2 rings (SSSR count). The fourth-order valence-electron chi connectivity index (χ4n) is 2.12. The zero-order chi connectivity index (χ0) is 14.6. The fraction of sp³-hybridized carbons (Fsp3) is 0.714. The van der Waals surface area contributed by atoms with Crippen molar-refractivity contribution in [1.29, 1.82) is 0 Å². The number of aryl methyl sites for hydroxylation is 1. The van der Waals surface area contributed by atoms with E-state index in [4.69, 9.17) is 14.2 Å². The Kier molecular flexibility index (Phi) is 4.77. The number of aromatic nitrogens is 2. The minimum Gasteiger partial charge on any atom is -0.475 e. The van der Waals surface area contributed by atoms with Gasteiger partial charge in [-0.25, -0.2) is 4.98 Å². The number of nitrogens with one attached hydrogen (secondary N) is 1. The van der Waals surface area contributed by atoms with E-state index in [1.54, 1.807) is 7.11 Å². The number of anilines is 1. The summed E-state index contributed by atoms with van der Waals surface area (Å²) in [6, 6.07) is 1.83. The van der Waals surface area contributed by atoms with Crippen molar-refractivity contribution in [1.82, 2.24) is 9.97 Å². The molecule has 1 atom stereocenters. The largest absolute Gasteiger partial charge is 0.475 e. The molecular weight excluding hydrogens is 258 g/mol. The van der Waals surface area contributed by atoms with Crippen LogP contribution in [0.2, 0.25) is 0 Å². The summed E-state index contributed by atoms with van der Waals surface area (Å²) in [6.45, 7) is 7.81. The molecule has 1 fully saturated rings. The van der Waals surface area contributed by atoms with E-state index in [0.29, 0.717) is 25.0 Å². The van der Waals surface area contributed by atoms with Gasteiger partial charge in [0.15, 0.2) is 0 Å². The maximum absolute atomic E-state index is 5.61. The number of rotatable bonds is 6. The first-order chi connectivity index (χ1) is 9.53. The van der Waals surface area contributed by atoms with Gasteiger partial charge in [-0.1, -0.05) is 0 Å². The van der Waals surface area contributed by atoms with Crippen LogP contribution in [-0.2, 0) is 9.47 Å². The van der Waals surface area contributed by atoms with Crippen LogP contribution in [-0.4, -0.2) is 48.5 Å². The maximum Gasteiger partial charge on any atom is 0.226 e. The molecule has 1 aliphatic rings. The molecule has 1 saturated heterocycles. The molecule has 1 aromatic rings. The molecule has 0 amide bonds. The number of ether oxygens (including phenoxy) is 3. The Morgan fingerprint density at radius 3 is 2.85 bits per heavy atom. The van der Waals surface area contributed by atoms with Gasteiger partial charge in [0.2, 0.25) is 11.8 Å². The number of methoxy groups -OCH3 is 1. The summed E-state index contributed by atoms with van der Waals surface area (Å²) in [4.78, 5) is 8.73. The van der Waals surface area contributed by atoms with Gasteiger partial charge in [0.05, 0.1) is 12.7 Å². The van der Waals surface area contributed by atoms with Crippen LogP contribution in [0.5, 0.6) is 5.88 Å². The van der Waals surface area contributed by atoms with E-state index in [0.717, 1.165) is 18.7 Å². The zero-order valence-electron chi connectivity index (χ0n) is 12.6. The van der Waals surface area contributed by atoms with Crippen LogP contribution in [0.1, 0.15) is 26.0 Å². The summed E-state index contributed by atoms with van der Waals surface area (Å²) in [7, 11) is 1.71. The second-order valence-corrected chi connectivity index (χ2v) is 5.38. The molecule has 0 saturated carbocycles. The minimum absolute atomic E-state index is 0.0886. The molecule has 20 heavy (non-hydrogen) atoms. The lowest BCUT2D eigenvalue weighted by atomic mass is 10.0. The highest BCUT2D eigenvalue weighted by Crippen LogP contribution is 2.23. The van der Waals surface area contributed by atoms with Crippen molar-refractivity contribution in [2.45, 2.75) is 38.9 Å². The Labute approximate surface area is 119 Å². The molecule has 6 nitrogen and oxygen atoms in total. The van der Waals surface area contributed by atoms with E-state index in [2.05, 4.69) is 15.3 Å². The first kappa shape index (κ1) is 15.0. The van der Waals surface area contributed by atoms with Gasteiger partial charge in [0.25, 0.3) is 0 Å². The Morgan fingerprint density at radius 1 is 1.45 bits per heavy atom. The lowest BCUT2D eigenvalue weighted by molar-refractivity contribution is -0.00632. The Bertz CT molecular complexity index is 445. The normalized spacial score (nSPS) is 22.2. The van der Waals surface area contributed by atoms with Gasteiger partial charge >= 0.3 is 0 Å². The zero-order valence-corrected chi connectivity index (χ0v) is 12.6. The molecular formula is C14H23N3O3. The van der Waals surface area contributed by atoms with Crippen molar-refractivity contribution in [2.24, 2.45) is 0 Å². The topological polar surface area (TPSA) is 65.5 Å². The monoisotopic (exact) mass is 281 g/mol. The van der Waals surface area contributed by atoms with E-state index in [1.807, 2.05) is 26.8 Å². The number of nitrogens with zero attached hydrogens (tertiary/aromatic N) is 2. The third-order valence-corrected chi connectivity index (χ3v) is 3.26. The van der Waals surface area contributed by atoms with E-state index in [-0.39, 0.29) is 11.7 Å². The predicted molar refractivity (Wildman–Crippen MR) is 76.2 cm³/mol. The van der Waals surface area contributed by atoms with Crippen LogP contribution in [0, 0.1) is 6.92 Å². The molecule has 1 aliphatic heterocycles. The molecule has 6 heteroatoms. The van der Waals surface area contributed by atoms with Crippen molar-refractivity contribution in [3.8, 4) is 5.88 Å². The fourth-order valence-corrected chi connectivity index (χ4v) is 2.12. The number of hydrogen-bond acceptors (Lipinski definition) is 6. The molecule has 1 N–H and O–H groups in total. The van der Waals surface area contributed by atoms with E-state index in [9.17, 15) is 0 Å². The molecule has 112 valence electrons. The average molecular weight is 281 g/mol. The predicted octanol–water partition coefficient (Wildman–Crippen LogP) is 1.79. The van der Waals surface area contributed by atoms with Crippen molar-refractivity contribution in [2.75, 3.05) is 32.2 Å². The quantitative estimate of drug-likeness (QED) is 0.857. The second kappa shape index (κ2) is 6.37. The van der Waals surface area contributed by atoms with Gasteiger partial charge in [0.1, 0.15) is 5.60 Å². The Morgan fingerprint density at radius 2 is 2.25 bits per heavy atom. The lowest BCUT2D eigenvalue weighted by Crippen LogP contribution is -2.40. The third-order valence-electron chi connectivity index (χ3n) is 3.26. The highest BCUT2D eigenvalue weighted by molar-refractivity contribution is 5.31. The summed E-state index contributed by atoms with van der Waals surface area (Å²) in [5.41, 5.74) is 0.582. The minimum atomic E-state index is -0.286. The van der Waals surface area contributed by atoms with Gasteiger partial charge in [-0.2, -0.15) is 4.98 Å². The molecule has 2 heterocycles. The summed E-state index contributed by atoms with van der Waals surface area (Å²) in [5, 5.41) is 3.23. The lowest BCUT2D eigenvalue weighted by Gasteiger charge is -2.26. The maximum atomic E-state index is 5.61. The van der Waals surface area contributed by atoms with Crippen molar-refractivity contribution in [3.05, 3.63) is 11.8 Å². The van der Waals surface area contributed by atoms with Gasteiger partial charge in [0, 0.05) is 38.4 Å².